The minimum Gasteiger partial charge on any atom is -0.496 e. The van der Waals surface area contributed by atoms with Crippen LogP contribution in [0.5, 0.6) is 5.75 Å². The molecule has 1 aliphatic rings. The minimum absolute atomic E-state index is 0.721. The predicted octanol–water partition coefficient (Wildman–Crippen LogP) is 2.30. The van der Waals surface area contributed by atoms with E-state index < -0.39 is 0 Å². The number of methoxy groups -OCH3 is 1. The average Bonchev–Trinajstić information content (AvgIpc) is 2.66. The van der Waals surface area contributed by atoms with Crippen LogP contribution in [0.15, 0.2) is 6.07 Å². The summed E-state index contributed by atoms with van der Waals surface area (Å²) in [4.78, 5) is 11.0. The van der Waals surface area contributed by atoms with Gasteiger partial charge < -0.3 is 4.74 Å². The van der Waals surface area contributed by atoms with Gasteiger partial charge >= 0.3 is 0 Å². The maximum Gasteiger partial charge on any atom is 0.154 e. The van der Waals surface area contributed by atoms with E-state index in [0.717, 1.165) is 36.9 Å². The van der Waals surface area contributed by atoms with E-state index >= 15 is 0 Å². The summed E-state index contributed by atoms with van der Waals surface area (Å²) in [6, 6.07) is 1.97. The second kappa shape index (κ2) is 3.45. The summed E-state index contributed by atoms with van der Waals surface area (Å²) >= 11 is 0. The fourth-order valence-corrected chi connectivity index (χ4v) is 2.28. The number of benzene rings is 1. The Kier molecular flexibility index (Phi) is 2.28. The highest BCUT2D eigenvalue weighted by Crippen LogP contribution is 2.33. The van der Waals surface area contributed by atoms with E-state index in [4.69, 9.17) is 4.74 Å². The van der Waals surface area contributed by atoms with Crippen LogP contribution >= 0.6 is 0 Å². The number of hydrogen-bond donors (Lipinski definition) is 0. The maximum atomic E-state index is 11.0. The summed E-state index contributed by atoms with van der Waals surface area (Å²) in [6.45, 7) is 2.08. The Bertz CT molecular complexity index is 380. The standard InChI is InChI=1S/C12H14O2/c1-8-6-12(14-2)11(7-13)10-5-3-4-9(8)10/h6-7H,3-5H2,1-2H3. The van der Waals surface area contributed by atoms with Crippen LogP contribution in [0.4, 0.5) is 0 Å². The van der Waals surface area contributed by atoms with Crippen LogP contribution < -0.4 is 4.74 Å². The molecule has 0 bridgehead atoms. The second-order valence-electron chi connectivity index (χ2n) is 3.74. The topological polar surface area (TPSA) is 26.3 Å². The lowest BCUT2D eigenvalue weighted by Crippen LogP contribution is -1.99. The van der Waals surface area contributed by atoms with Gasteiger partial charge in [0.1, 0.15) is 5.75 Å². The fraction of sp³-hybridized carbons (Fsp3) is 0.417. The van der Waals surface area contributed by atoms with Crippen LogP contribution in [0, 0.1) is 6.92 Å². The van der Waals surface area contributed by atoms with Crippen molar-refractivity contribution in [2.75, 3.05) is 7.11 Å². The molecule has 0 amide bonds. The van der Waals surface area contributed by atoms with Gasteiger partial charge in [0.25, 0.3) is 0 Å². The molecule has 74 valence electrons. The zero-order valence-electron chi connectivity index (χ0n) is 8.59. The summed E-state index contributed by atoms with van der Waals surface area (Å²) < 4.78 is 5.21. The lowest BCUT2D eigenvalue weighted by molar-refractivity contribution is 0.112. The highest BCUT2D eigenvalue weighted by molar-refractivity contribution is 5.83. The molecule has 2 nitrogen and oxygen atoms in total. The first-order chi connectivity index (χ1) is 6.77. The monoisotopic (exact) mass is 190 g/mol. The summed E-state index contributed by atoms with van der Waals surface area (Å²) in [6.07, 6.45) is 4.19. The van der Waals surface area contributed by atoms with E-state index in [2.05, 4.69) is 6.92 Å². The molecule has 0 fully saturated rings. The number of ether oxygens (including phenoxy) is 1. The molecule has 0 unspecified atom stereocenters. The van der Waals surface area contributed by atoms with Crippen molar-refractivity contribution in [3.63, 3.8) is 0 Å². The van der Waals surface area contributed by atoms with Crippen LogP contribution in [0.3, 0.4) is 0 Å². The Morgan fingerprint density at radius 3 is 2.71 bits per heavy atom. The van der Waals surface area contributed by atoms with Gasteiger partial charge in [-0.2, -0.15) is 0 Å². The number of fused-ring (bicyclic) bond motifs is 1. The molecule has 14 heavy (non-hydrogen) atoms. The fourth-order valence-electron chi connectivity index (χ4n) is 2.28. The molecule has 0 aromatic heterocycles. The largest absolute Gasteiger partial charge is 0.496 e. The van der Waals surface area contributed by atoms with Crippen molar-refractivity contribution in [1.82, 2.24) is 0 Å². The molecular weight excluding hydrogens is 176 g/mol. The number of aldehydes is 1. The third kappa shape index (κ3) is 1.22. The van der Waals surface area contributed by atoms with Gasteiger partial charge in [-0.05, 0) is 48.9 Å². The van der Waals surface area contributed by atoms with Gasteiger partial charge in [0.2, 0.25) is 0 Å². The molecule has 0 spiro atoms. The normalized spacial score (nSPS) is 13.9. The highest BCUT2D eigenvalue weighted by Gasteiger charge is 2.20. The maximum absolute atomic E-state index is 11.0. The third-order valence-corrected chi connectivity index (χ3v) is 2.97. The van der Waals surface area contributed by atoms with Crippen molar-refractivity contribution >= 4 is 6.29 Å². The van der Waals surface area contributed by atoms with E-state index in [1.165, 1.54) is 16.7 Å². The van der Waals surface area contributed by atoms with Crippen LogP contribution in [0.2, 0.25) is 0 Å². The number of carbonyl (C=O) groups excluding carboxylic acids is 1. The Balaban J connectivity index is 2.67. The van der Waals surface area contributed by atoms with Gasteiger partial charge in [0, 0.05) is 0 Å². The van der Waals surface area contributed by atoms with Crippen molar-refractivity contribution in [1.29, 1.82) is 0 Å². The lowest BCUT2D eigenvalue weighted by Gasteiger charge is -2.11. The van der Waals surface area contributed by atoms with Gasteiger partial charge in [-0.1, -0.05) is 0 Å². The second-order valence-corrected chi connectivity index (χ2v) is 3.74. The van der Waals surface area contributed by atoms with Crippen LogP contribution in [0.25, 0.3) is 0 Å². The van der Waals surface area contributed by atoms with Crippen molar-refractivity contribution in [2.45, 2.75) is 26.2 Å². The molecule has 0 saturated carbocycles. The molecule has 0 N–H and O–H groups in total. The Labute approximate surface area is 83.9 Å². The molecule has 0 aliphatic heterocycles. The van der Waals surface area contributed by atoms with Gasteiger partial charge in [-0.25, -0.2) is 0 Å². The molecule has 0 radical (unpaired) electrons. The summed E-state index contributed by atoms with van der Waals surface area (Å²) in [5.74, 6) is 0.721. The quantitative estimate of drug-likeness (QED) is 0.669. The predicted molar refractivity (Wildman–Crippen MR) is 55.1 cm³/mol. The van der Waals surface area contributed by atoms with Crippen molar-refractivity contribution < 1.29 is 9.53 Å². The van der Waals surface area contributed by atoms with E-state index in [-0.39, 0.29) is 0 Å². The molecule has 2 rings (SSSR count). The first-order valence-corrected chi connectivity index (χ1v) is 4.92. The summed E-state index contributed by atoms with van der Waals surface area (Å²) in [5.41, 5.74) is 4.57. The smallest absolute Gasteiger partial charge is 0.154 e. The average molecular weight is 190 g/mol. The van der Waals surface area contributed by atoms with Gasteiger partial charge in [0.05, 0.1) is 12.7 Å². The summed E-state index contributed by atoms with van der Waals surface area (Å²) in [5, 5.41) is 0. The molecular formula is C12H14O2. The molecule has 2 heteroatoms. The zero-order chi connectivity index (χ0) is 10.1. The van der Waals surface area contributed by atoms with Crippen molar-refractivity contribution in [2.24, 2.45) is 0 Å². The molecule has 0 heterocycles. The number of rotatable bonds is 2. The first kappa shape index (κ1) is 9.25. The van der Waals surface area contributed by atoms with Crippen LogP contribution in [-0.2, 0) is 12.8 Å². The molecule has 1 aromatic carbocycles. The molecule has 0 atom stereocenters. The van der Waals surface area contributed by atoms with Crippen molar-refractivity contribution in [3.8, 4) is 5.75 Å². The zero-order valence-corrected chi connectivity index (χ0v) is 8.59. The van der Waals surface area contributed by atoms with Crippen LogP contribution in [-0.4, -0.2) is 13.4 Å². The van der Waals surface area contributed by atoms with E-state index in [1.807, 2.05) is 6.07 Å². The highest BCUT2D eigenvalue weighted by atomic mass is 16.5. The van der Waals surface area contributed by atoms with Gasteiger partial charge in [0.15, 0.2) is 6.29 Å². The van der Waals surface area contributed by atoms with E-state index in [9.17, 15) is 4.79 Å². The summed E-state index contributed by atoms with van der Waals surface area (Å²) in [7, 11) is 1.61. The van der Waals surface area contributed by atoms with E-state index in [1.54, 1.807) is 7.11 Å². The third-order valence-electron chi connectivity index (χ3n) is 2.97. The number of carbonyl (C=O) groups is 1. The SMILES string of the molecule is COc1cc(C)c2c(c1C=O)CCC2. The first-order valence-electron chi connectivity index (χ1n) is 4.92. The van der Waals surface area contributed by atoms with E-state index in [0.29, 0.717) is 0 Å². The van der Waals surface area contributed by atoms with Crippen molar-refractivity contribution in [3.05, 3.63) is 28.3 Å². The number of aryl methyl sites for hydroxylation is 1. The number of hydrogen-bond acceptors (Lipinski definition) is 2. The van der Waals surface area contributed by atoms with Gasteiger partial charge in [-0.3, -0.25) is 4.79 Å². The van der Waals surface area contributed by atoms with Gasteiger partial charge in [-0.15, -0.1) is 0 Å². The Hall–Kier alpha value is -1.31. The molecule has 1 aliphatic carbocycles. The Morgan fingerprint density at radius 1 is 1.36 bits per heavy atom. The molecule has 1 aromatic rings. The lowest BCUT2D eigenvalue weighted by atomic mass is 9.98. The minimum atomic E-state index is 0.721. The Morgan fingerprint density at radius 2 is 2.07 bits per heavy atom. The molecule has 0 saturated heterocycles. The van der Waals surface area contributed by atoms with Crippen LogP contribution in [0.1, 0.15) is 33.5 Å².